The fraction of sp³-hybridized carbons (Fsp3) is 0.500. The van der Waals surface area contributed by atoms with E-state index in [9.17, 15) is 15.0 Å². The van der Waals surface area contributed by atoms with Crippen molar-refractivity contribution in [3.05, 3.63) is 21.7 Å². The van der Waals surface area contributed by atoms with Crippen LogP contribution in [0.5, 0.6) is 11.5 Å². The van der Waals surface area contributed by atoms with Crippen LogP contribution in [-0.4, -0.2) is 46.7 Å². The van der Waals surface area contributed by atoms with Crippen LogP contribution in [-0.2, 0) is 0 Å². The smallest absolute Gasteiger partial charge is 0.259 e. The van der Waals surface area contributed by atoms with Crippen LogP contribution in [0.4, 0.5) is 0 Å². The van der Waals surface area contributed by atoms with Crippen molar-refractivity contribution in [3.63, 3.8) is 0 Å². The lowest BCUT2D eigenvalue weighted by Crippen LogP contribution is -2.40. The van der Waals surface area contributed by atoms with Gasteiger partial charge in [-0.2, -0.15) is 0 Å². The van der Waals surface area contributed by atoms with E-state index >= 15 is 0 Å². The lowest BCUT2D eigenvalue weighted by Gasteiger charge is -2.23. The second kappa shape index (κ2) is 6.73. The summed E-state index contributed by atoms with van der Waals surface area (Å²) in [5.74, 6) is -1.51. The first-order valence-electron chi connectivity index (χ1n) is 6.87. The Morgan fingerprint density at radius 3 is 2.57 bits per heavy atom. The zero-order chi connectivity index (χ0) is 15.6. The van der Waals surface area contributed by atoms with E-state index in [4.69, 9.17) is 23.2 Å². The van der Waals surface area contributed by atoms with E-state index in [-0.39, 0.29) is 21.7 Å². The molecule has 1 aromatic carbocycles. The molecule has 1 aromatic rings. The topological polar surface area (TPSA) is 72.8 Å². The van der Waals surface area contributed by atoms with E-state index in [1.165, 1.54) is 6.07 Å². The molecule has 116 valence electrons. The van der Waals surface area contributed by atoms with Crippen LogP contribution >= 0.6 is 23.2 Å². The number of likely N-dealkylation sites (tertiary alicyclic amines) is 1. The van der Waals surface area contributed by atoms with Crippen LogP contribution in [0.1, 0.15) is 30.1 Å². The van der Waals surface area contributed by atoms with Gasteiger partial charge < -0.3 is 15.5 Å². The normalized spacial score (nSPS) is 18.9. The molecule has 1 heterocycles. The van der Waals surface area contributed by atoms with Crippen molar-refractivity contribution in [2.75, 3.05) is 19.6 Å². The summed E-state index contributed by atoms with van der Waals surface area (Å²) >= 11 is 11.5. The molecule has 2 rings (SSSR count). The summed E-state index contributed by atoms with van der Waals surface area (Å²) in [6, 6.07) is 1.47. The molecule has 1 aliphatic rings. The monoisotopic (exact) mass is 332 g/mol. The van der Waals surface area contributed by atoms with Crippen LogP contribution in [0.15, 0.2) is 6.07 Å². The molecule has 7 heteroatoms. The van der Waals surface area contributed by atoms with Gasteiger partial charge in [0.15, 0.2) is 11.5 Å². The zero-order valence-electron chi connectivity index (χ0n) is 11.7. The SMILES string of the molecule is CCN1CCCC1CNC(=O)c1c(O)c(Cl)cc(Cl)c1O. The molecular weight excluding hydrogens is 315 g/mol. The van der Waals surface area contributed by atoms with Gasteiger partial charge in [0.1, 0.15) is 5.56 Å². The van der Waals surface area contributed by atoms with E-state index in [0.717, 1.165) is 25.9 Å². The molecule has 0 aliphatic carbocycles. The van der Waals surface area contributed by atoms with Crippen LogP contribution in [0, 0.1) is 0 Å². The van der Waals surface area contributed by atoms with Crippen molar-refractivity contribution in [2.45, 2.75) is 25.8 Å². The Kier molecular flexibility index (Phi) is 5.19. The zero-order valence-corrected chi connectivity index (χ0v) is 13.2. The first-order chi connectivity index (χ1) is 9.95. The van der Waals surface area contributed by atoms with Crippen LogP contribution in [0.25, 0.3) is 0 Å². The number of nitrogens with one attached hydrogen (secondary N) is 1. The second-order valence-corrected chi connectivity index (χ2v) is 5.86. The number of rotatable bonds is 4. The molecule has 1 aliphatic heterocycles. The van der Waals surface area contributed by atoms with Gasteiger partial charge >= 0.3 is 0 Å². The highest BCUT2D eigenvalue weighted by Crippen LogP contribution is 2.39. The summed E-state index contributed by atoms with van der Waals surface area (Å²) in [6.07, 6.45) is 2.12. The number of phenolic OH excluding ortho intramolecular Hbond substituents is 2. The summed E-state index contributed by atoms with van der Waals surface area (Å²) in [6.45, 7) is 4.49. The standard InChI is InChI=1S/C14H18Cl2N2O3/c1-2-18-5-3-4-8(18)7-17-14(21)11-12(19)9(15)6-10(16)13(11)20/h6,8,19-20H,2-5,7H2,1H3,(H,17,21). The Hall–Kier alpha value is -1.17. The Morgan fingerprint density at radius 2 is 2.00 bits per heavy atom. The quantitative estimate of drug-likeness (QED) is 0.792. The number of aromatic hydroxyl groups is 2. The van der Waals surface area contributed by atoms with Crippen LogP contribution < -0.4 is 5.32 Å². The number of hydrogen-bond acceptors (Lipinski definition) is 4. The molecule has 0 radical (unpaired) electrons. The third kappa shape index (κ3) is 3.36. The fourth-order valence-electron chi connectivity index (χ4n) is 2.66. The number of nitrogens with zero attached hydrogens (tertiary/aromatic N) is 1. The third-order valence-electron chi connectivity index (χ3n) is 3.81. The molecule has 1 saturated heterocycles. The molecule has 21 heavy (non-hydrogen) atoms. The van der Waals surface area contributed by atoms with Crippen molar-refractivity contribution < 1.29 is 15.0 Å². The molecule has 0 saturated carbocycles. The largest absolute Gasteiger partial charge is 0.505 e. The minimum atomic E-state index is -0.586. The molecule has 1 amide bonds. The van der Waals surface area contributed by atoms with Gasteiger partial charge in [0.05, 0.1) is 10.0 Å². The van der Waals surface area contributed by atoms with E-state index in [1.807, 2.05) is 0 Å². The van der Waals surface area contributed by atoms with Gasteiger partial charge in [-0.05, 0) is 32.0 Å². The maximum absolute atomic E-state index is 12.2. The highest BCUT2D eigenvalue weighted by Gasteiger charge is 2.26. The maximum Gasteiger partial charge on any atom is 0.259 e. The number of amides is 1. The fourth-order valence-corrected chi connectivity index (χ4v) is 3.12. The number of likely N-dealkylation sites (N-methyl/N-ethyl adjacent to an activating group) is 1. The minimum absolute atomic E-state index is 0.0704. The second-order valence-electron chi connectivity index (χ2n) is 5.05. The number of carbonyl (C=O) groups excluding carboxylic acids is 1. The van der Waals surface area contributed by atoms with Gasteiger partial charge in [0, 0.05) is 12.6 Å². The van der Waals surface area contributed by atoms with Gasteiger partial charge in [0.25, 0.3) is 5.91 Å². The summed E-state index contributed by atoms with van der Waals surface area (Å²) in [5, 5.41) is 22.3. The lowest BCUT2D eigenvalue weighted by atomic mass is 10.1. The number of carbonyl (C=O) groups is 1. The van der Waals surface area contributed by atoms with E-state index < -0.39 is 17.4 Å². The highest BCUT2D eigenvalue weighted by atomic mass is 35.5. The molecule has 3 N–H and O–H groups in total. The highest BCUT2D eigenvalue weighted by molar-refractivity contribution is 6.37. The summed E-state index contributed by atoms with van der Waals surface area (Å²) < 4.78 is 0. The molecule has 0 aromatic heterocycles. The average molecular weight is 333 g/mol. The molecule has 1 unspecified atom stereocenters. The predicted octanol–water partition coefficient (Wildman–Crippen LogP) is 2.62. The molecule has 1 fully saturated rings. The Balaban J connectivity index is 2.11. The van der Waals surface area contributed by atoms with Gasteiger partial charge in [-0.25, -0.2) is 0 Å². The predicted molar refractivity (Wildman–Crippen MR) is 82.4 cm³/mol. The molecular formula is C14H18Cl2N2O3. The third-order valence-corrected chi connectivity index (χ3v) is 4.39. The van der Waals surface area contributed by atoms with E-state index in [1.54, 1.807) is 0 Å². The minimum Gasteiger partial charge on any atom is -0.505 e. The van der Waals surface area contributed by atoms with Gasteiger partial charge in [-0.3, -0.25) is 9.69 Å². The van der Waals surface area contributed by atoms with Crippen molar-refractivity contribution in [1.82, 2.24) is 10.2 Å². The van der Waals surface area contributed by atoms with Crippen LogP contribution in [0.3, 0.4) is 0 Å². The van der Waals surface area contributed by atoms with Crippen molar-refractivity contribution in [1.29, 1.82) is 0 Å². The van der Waals surface area contributed by atoms with Gasteiger partial charge in [0.2, 0.25) is 0 Å². The van der Waals surface area contributed by atoms with Gasteiger partial charge in [-0.1, -0.05) is 30.1 Å². The average Bonchev–Trinajstić information content (AvgIpc) is 2.90. The molecule has 0 bridgehead atoms. The molecule has 1 atom stereocenters. The molecule has 0 spiro atoms. The van der Waals surface area contributed by atoms with Crippen molar-refractivity contribution in [3.8, 4) is 11.5 Å². The summed E-state index contributed by atoms with van der Waals surface area (Å²) in [5.41, 5.74) is -0.284. The summed E-state index contributed by atoms with van der Waals surface area (Å²) in [4.78, 5) is 14.5. The summed E-state index contributed by atoms with van der Waals surface area (Å²) in [7, 11) is 0. The lowest BCUT2D eigenvalue weighted by molar-refractivity contribution is 0.0936. The maximum atomic E-state index is 12.2. The number of hydrogen-bond donors (Lipinski definition) is 3. The van der Waals surface area contributed by atoms with E-state index in [2.05, 4.69) is 17.1 Å². The Labute approximate surface area is 133 Å². The Morgan fingerprint density at radius 1 is 1.38 bits per heavy atom. The van der Waals surface area contributed by atoms with Crippen LogP contribution in [0.2, 0.25) is 10.0 Å². The Bertz CT molecular complexity index is 525. The van der Waals surface area contributed by atoms with Crippen molar-refractivity contribution >= 4 is 29.1 Å². The number of benzene rings is 1. The van der Waals surface area contributed by atoms with Crippen molar-refractivity contribution in [2.24, 2.45) is 0 Å². The number of halogens is 2. The first kappa shape index (κ1) is 16.2. The molecule has 5 nitrogen and oxygen atoms in total. The van der Waals surface area contributed by atoms with E-state index in [0.29, 0.717) is 6.54 Å². The first-order valence-corrected chi connectivity index (χ1v) is 7.63. The van der Waals surface area contributed by atoms with Gasteiger partial charge in [-0.15, -0.1) is 0 Å². The number of phenols is 2.